The highest BCUT2D eigenvalue weighted by Crippen LogP contribution is 2.33. The monoisotopic (exact) mass is 295 g/mol. The van der Waals surface area contributed by atoms with E-state index in [1.807, 2.05) is 0 Å². The Morgan fingerprint density at radius 1 is 1.40 bits per heavy atom. The predicted molar refractivity (Wildman–Crippen MR) is 54.1 cm³/mol. The number of ether oxygens (including phenoxy) is 1. The molecule has 0 aliphatic heterocycles. The van der Waals surface area contributed by atoms with E-state index in [0.717, 1.165) is 0 Å². The van der Waals surface area contributed by atoms with Crippen molar-refractivity contribution in [1.29, 1.82) is 5.26 Å². The van der Waals surface area contributed by atoms with Gasteiger partial charge in [-0.2, -0.15) is 5.26 Å². The van der Waals surface area contributed by atoms with Crippen molar-refractivity contribution in [2.24, 2.45) is 0 Å². The molecule has 0 fully saturated rings. The van der Waals surface area contributed by atoms with Crippen molar-refractivity contribution < 1.29 is 36.6 Å². The van der Waals surface area contributed by atoms with Crippen LogP contribution in [0.1, 0.15) is 23.1 Å². The summed E-state index contributed by atoms with van der Waals surface area (Å²) in [6.45, 7) is 0. The molecule has 0 radical (unpaired) electrons. The highest BCUT2D eigenvalue weighted by molar-refractivity contribution is 5.71. The van der Waals surface area contributed by atoms with Gasteiger partial charge in [-0.05, 0) is 17.7 Å². The fourth-order valence-electron chi connectivity index (χ4n) is 1.45. The average Bonchev–Trinajstić information content (AvgIpc) is 2.25. The number of hydrogen-bond acceptors (Lipinski definition) is 3. The fraction of sp³-hybridized carbons (Fsp3) is 0.273. The van der Waals surface area contributed by atoms with E-state index in [1.54, 1.807) is 0 Å². The van der Waals surface area contributed by atoms with Crippen LogP contribution in [0, 0.1) is 11.3 Å². The van der Waals surface area contributed by atoms with Gasteiger partial charge >= 0.3 is 12.3 Å². The van der Waals surface area contributed by atoms with Crippen LogP contribution >= 0.6 is 0 Å². The highest BCUT2D eigenvalue weighted by atomic mass is 19.4. The van der Waals surface area contributed by atoms with Crippen LogP contribution in [0.15, 0.2) is 12.1 Å². The van der Waals surface area contributed by atoms with Gasteiger partial charge in [0.1, 0.15) is 11.8 Å². The lowest BCUT2D eigenvalue weighted by molar-refractivity contribution is -0.274. The number of nitriles is 1. The van der Waals surface area contributed by atoms with Gasteiger partial charge in [-0.3, -0.25) is 4.79 Å². The smallest absolute Gasteiger partial charge is 0.481 e. The van der Waals surface area contributed by atoms with Crippen molar-refractivity contribution in [2.75, 3.05) is 0 Å². The molecule has 0 heterocycles. The number of alkyl halides is 5. The number of carboxylic acid groups (broad SMARTS) is 1. The third-order valence-electron chi connectivity index (χ3n) is 2.16. The molecule has 1 aromatic rings. The van der Waals surface area contributed by atoms with Crippen molar-refractivity contribution in [3.8, 4) is 11.8 Å². The van der Waals surface area contributed by atoms with Crippen LogP contribution in [0.4, 0.5) is 22.0 Å². The summed E-state index contributed by atoms with van der Waals surface area (Å²) in [5, 5.41) is 17.2. The molecule has 0 aliphatic rings. The Morgan fingerprint density at radius 3 is 2.40 bits per heavy atom. The van der Waals surface area contributed by atoms with E-state index < -0.39 is 47.6 Å². The van der Waals surface area contributed by atoms with Crippen molar-refractivity contribution in [2.45, 2.75) is 19.2 Å². The third-order valence-corrected chi connectivity index (χ3v) is 2.16. The zero-order valence-corrected chi connectivity index (χ0v) is 9.54. The number of halogens is 5. The molecular formula is C11H6F5NO3. The zero-order valence-electron chi connectivity index (χ0n) is 9.54. The van der Waals surface area contributed by atoms with Gasteiger partial charge in [0.2, 0.25) is 0 Å². The predicted octanol–water partition coefficient (Wildman–Crippen LogP) is 3.02. The first-order valence-electron chi connectivity index (χ1n) is 4.96. The summed E-state index contributed by atoms with van der Waals surface area (Å²) < 4.78 is 65.3. The van der Waals surface area contributed by atoms with E-state index in [9.17, 15) is 26.7 Å². The first-order valence-corrected chi connectivity index (χ1v) is 4.96. The van der Waals surface area contributed by atoms with Crippen LogP contribution in [-0.4, -0.2) is 17.4 Å². The second kappa shape index (κ2) is 5.73. The van der Waals surface area contributed by atoms with Crippen LogP contribution in [0.3, 0.4) is 0 Å². The molecule has 0 unspecified atom stereocenters. The maximum absolute atomic E-state index is 12.7. The number of rotatable bonds is 4. The van der Waals surface area contributed by atoms with E-state index in [-0.39, 0.29) is 0 Å². The Morgan fingerprint density at radius 2 is 2.00 bits per heavy atom. The highest BCUT2D eigenvalue weighted by Gasteiger charge is 2.33. The Kier molecular flexibility index (Phi) is 4.49. The molecule has 0 aromatic heterocycles. The van der Waals surface area contributed by atoms with Crippen molar-refractivity contribution >= 4 is 5.97 Å². The van der Waals surface area contributed by atoms with Gasteiger partial charge in [0.05, 0.1) is 12.0 Å². The number of hydrogen-bond donors (Lipinski definition) is 1. The molecular weight excluding hydrogens is 289 g/mol. The van der Waals surface area contributed by atoms with E-state index in [0.29, 0.717) is 12.1 Å². The molecule has 0 saturated heterocycles. The van der Waals surface area contributed by atoms with Gasteiger partial charge in [-0.15, -0.1) is 13.2 Å². The second-order valence-electron chi connectivity index (χ2n) is 3.58. The normalized spacial score (nSPS) is 11.2. The topological polar surface area (TPSA) is 70.3 Å². The Hall–Kier alpha value is -2.37. The van der Waals surface area contributed by atoms with Crippen molar-refractivity contribution in [3.63, 3.8) is 0 Å². The van der Waals surface area contributed by atoms with E-state index in [1.165, 1.54) is 6.07 Å². The Labute approximate surface area is 109 Å². The molecule has 0 spiro atoms. The van der Waals surface area contributed by atoms with Crippen molar-refractivity contribution in [3.05, 3.63) is 28.8 Å². The minimum Gasteiger partial charge on any atom is -0.481 e. The van der Waals surface area contributed by atoms with Crippen LogP contribution in [0.25, 0.3) is 0 Å². The summed E-state index contributed by atoms with van der Waals surface area (Å²) in [6.07, 6.45) is -9.17. The number of carboxylic acids is 1. The van der Waals surface area contributed by atoms with Crippen LogP contribution in [-0.2, 0) is 11.2 Å². The van der Waals surface area contributed by atoms with Gasteiger partial charge < -0.3 is 9.84 Å². The molecule has 0 aliphatic carbocycles. The fourth-order valence-corrected chi connectivity index (χ4v) is 1.45. The quantitative estimate of drug-likeness (QED) is 0.867. The Bertz CT molecular complexity index is 562. The lowest BCUT2D eigenvalue weighted by Gasteiger charge is -2.14. The molecule has 0 atom stereocenters. The van der Waals surface area contributed by atoms with E-state index in [2.05, 4.69) is 4.74 Å². The lowest BCUT2D eigenvalue weighted by Crippen LogP contribution is -2.18. The number of nitrogens with zero attached hydrogens (tertiary/aromatic N) is 1. The summed E-state index contributed by atoms with van der Waals surface area (Å²) in [6, 6.07) is 2.27. The summed E-state index contributed by atoms with van der Waals surface area (Å²) in [4.78, 5) is 10.5. The molecule has 0 amide bonds. The minimum absolute atomic E-state index is 0.488. The van der Waals surface area contributed by atoms with Gasteiger partial charge in [-0.1, -0.05) is 0 Å². The number of benzene rings is 1. The van der Waals surface area contributed by atoms with E-state index >= 15 is 0 Å². The summed E-state index contributed by atoms with van der Waals surface area (Å²) >= 11 is 0. The largest absolute Gasteiger partial charge is 0.573 e. The molecule has 9 heteroatoms. The molecule has 4 nitrogen and oxygen atoms in total. The van der Waals surface area contributed by atoms with Gasteiger partial charge in [0, 0.05) is 5.56 Å². The minimum atomic E-state index is -5.13. The van der Waals surface area contributed by atoms with Crippen molar-refractivity contribution in [1.82, 2.24) is 0 Å². The maximum Gasteiger partial charge on any atom is 0.573 e. The molecule has 0 saturated carbocycles. The van der Waals surface area contributed by atoms with Crippen LogP contribution in [0.5, 0.6) is 5.75 Å². The number of aliphatic carboxylic acids is 1. The van der Waals surface area contributed by atoms with Crippen LogP contribution in [0.2, 0.25) is 0 Å². The third kappa shape index (κ3) is 4.08. The van der Waals surface area contributed by atoms with Gasteiger partial charge in [-0.25, -0.2) is 8.78 Å². The maximum atomic E-state index is 12.7. The lowest BCUT2D eigenvalue weighted by atomic mass is 10.0. The number of carbonyl (C=O) groups is 1. The summed E-state index contributed by atoms with van der Waals surface area (Å²) in [5.41, 5.74) is -2.13. The molecule has 20 heavy (non-hydrogen) atoms. The van der Waals surface area contributed by atoms with Crippen LogP contribution < -0.4 is 4.74 Å². The Balaban J connectivity index is 3.38. The zero-order chi connectivity index (χ0) is 15.5. The molecule has 1 N–H and O–H groups in total. The van der Waals surface area contributed by atoms with E-state index in [4.69, 9.17) is 10.4 Å². The molecule has 0 bridgehead atoms. The SMILES string of the molecule is N#Cc1cc(C(F)F)c(CC(=O)O)cc1OC(F)(F)F. The van der Waals surface area contributed by atoms with Gasteiger partial charge in [0.25, 0.3) is 6.43 Å². The molecule has 108 valence electrons. The summed E-state index contributed by atoms with van der Waals surface area (Å²) in [7, 11) is 0. The first-order chi connectivity index (χ1) is 9.14. The standard InChI is InChI=1S/C11H6F5NO3/c12-10(13)7-1-6(4-17)8(20-11(14,15)16)2-5(7)3-9(18)19/h1-2,10H,3H2,(H,18,19). The summed E-state index contributed by atoms with van der Waals surface area (Å²) in [5.74, 6) is -2.52. The second-order valence-corrected chi connectivity index (χ2v) is 3.58. The molecule has 1 rings (SSSR count). The van der Waals surface area contributed by atoms with Gasteiger partial charge in [0.15, 0.2) is 0 Å². The average molecular weight is 295 g/mol. The first kappa shape index (κ1) is 15.7. The molecule has 1 aromatic carbocycles.